The highest BCUT2D eigenvalue weighted by atomic mass is 16.5. The molecule has 2 aliphatic rings. The Bertz CT molecular complexity index is 1270. The second-order valence-electron chi connectivity index (χ2n) is 8.15. The van der Waals surface area contributed by atoms with Crippen LogP contribution in [0.15, 0.2) is 108 Å². The summed E-state index contributed by atoms with van der Waals surface area (Å²) in [5.41, 5.74) is 11.9. The molecule has 0 bridgehead atoms. The van der Waals surface area contributed by atoms with E-state index in [2.05, 4.69) is 51.3 Å². The molecule has 0 radical (unpaired) electrons. The van der Waals surface area contributed by atoms with Crippen LogP contribution in [0.2, 0.25) is 0 Å². The molecule has 0 amide bonds. The van der Waals surface area contributed by atoms with Crippen molar-refractivity contribution in [3.63, 3.8) is 0 Å². The molecule has 162 valence electrons. The Balaban J connectivity index is 1.62. The summed E-state index contributed by atoms with van der Waals surface area (Å²) in [6.07, 6.45) is 9.19. The monoisotopic (exact) mass is 433 g/mol. The first-order valence-electron chi connectivity index (χ1n) is 10.8. The first kappa shape index (κ1) is 20.7. The van der Waals surface area contributed by atoms with Gasteiger partial charge in [0.15, 0.2) is 0 Å². The maximum absolute atomic E-state index is 9.94. The van der Waals surface area contributed by atoms with E-state index in [1.54, 1.807) is 18.6 Å². The third-order valence-electron chi connectivity index (χ3n) is 5.90. The van der Waals surface area contributed by atoms with Crippen LogP contribution < -0.4 is 5.73 Å². The van der Waals surface area contributed by atoms with Crippen molar-refractivity contribution >= 4 is 6.08 Å². The van der Waals surface area contributed by atoms with E-state index in [0.29, 0.717) is 18.7 Å². The minimum Gasteiger partial charge on any atom is -0.440 e. The molecule has 0 aliphatic carbocycles. The molecule has 6 heteroatoms. The van der Waals surface area contributed by atoms with Gasteiger partial charge in [-0.15, -0.1) is 0 Å². The summed E-state index contributed by atoms with van der Waals surface area (Å²) in [5.74, 6) is 0.593. The quantitative estimate of drug-likeness (QED) is 0.665. The van der Waals surface area contributed by atoms with Crippen molar-refractivity contribution in [3.8, 4) is 6.07 Å². The number of nitrogens with zero attached hydrogens (tertiary/aromatic N) is 4. The summed E-state index contributed by atoms with van der Waals surface area (Å²) >= 11 is 0. The molecule has 5 rings (SSSR count). The normalized spacial score (nSPS) is 19.7. The largest absolute Gasteiger partial charge is 0.440 e. The van der Waals surface area contributed by atoms with Gasteiger partial charge in [0.25, 0.3) is 0 Å². The smallest absolute Gasteiger partial charge is 0.205 e. The lowest BCUT2D eigenvalue weighted by Crippen LogP contribution is -2.37. The number of hydrogen-bond donors (Lipinski definition) is 1. The lowest BCUT2D eigenvalue weighted by molar-refractivity contribution is 0.230. The molecule has 4 heterocycles. The molecule has 2 aromatic heterocycles. The number of aromatic nitrogens is 2. The van der Waals surface area contributed by atoms with Gasteiger partial charge < -0.3 is 10.5 Å². The van der Waals surface area contributed by atoms with Crippen molar-refractivity contribution in [2.24, 2.45) is 5.73 Å². The molecule has 0 unspecified atom stereocenters. The Morgan fingerprint density at radius 2 is 1.82 bits per heavy atom. The van der Waals surface area contributed by atoms with Crippen LogP contribution in [0.25, 0.3) is 6.08 Å². The topological polar surface area (TPSA) is 88.1 Å². The Labute approximate surface area is 193 Å². The Morgan fingerprint density at radius 3 is 2.52 bits per heavy atom. The summed E-state index contributed by atoms with van der Waals surface area (Å²) in [6, 6.07) is 20.5. The molecule has 1 atom stereocenters. The Morgan fingerprint density at radius 1 is 1.03 bits per heavy atom. The summed E-state index contributed by atoms with van der Waals surface area (Å²) in [5, 5.41) is 9.94. The Kier molecular flexibility index (Phi) is 5.71. The number of allylic oxidation sites excluding steroid dienone is 1. The van der Waals surface area contributed by atoms with Crippen LogP contribution in [0.4, 0.5) is 0 Å². The molecule has 0 fully saturated rings. The maximum atomic E-state index is 9.94. The zero-order chi connectivity index (χ0) is 22.6. The van der Waals surface area contributed by atoms with E-state index >= 15 is 0 Å². The van der Waals surface area contributed by atoms with Crippen molar-refractivity contribution in [2.45, 2.75) is 12.5 Å². The molecule has 33 heavy (non-hydrogen) atoms. The van der Waals surface area contributed by atoms with Crippen molar-refractivity contribution < 1.29 is 4.74 Å². The lowest BCUT2D eigenvalue weighted by Gasteiger charge is -2.38. The number of ether oxygens (including phenoxy) is 1. The number of hydrogen-bond acceptors (Lipinski definition) is 6. The number of nitriles is 1. The first-order valence-corrected chi connectivity index (χ1v) is 10.8. The number of nitrogens with two attached hydrogens (primary N) is 1. The second-order valence-corrected chi connectivity index (χ2v) is 8.15. The van der Waals surface area contributed by atoms with E-state index in [1.807, 2.05) is 36.5 Å². The number of pyridine rings is 2. The third-order valence-corrected chi connectivity index (χ3v) is 5.90. The Hall–Kier alpha value is -4.21. The van der Waals surface area contributed by atoms with Gasteiger partial charge in [-0.05, 0) is 40.5 Å². The van der Waals surface area contributed by atoms with Crippen molar-refractivity contribution in [1.29, 1.82) is 5.26 Å². The molecule has 0 saturated carbocycles. The highest BCUT2D eigenvalue weighted by Crippen LogP contribution is 2.43. The van der Waals surface area contributed by atoms with Gasteiger partial charge in [-0.2, -0.15) is 5.26 Å². The first-order chi connectivity index (χ1) is 16.2. The van der Waals surface area contributed by atoms with Gasteiger partial charge in [-0.3, -0.25) is 14.9 Å². The van der Waals surface area contributed by atoms with Gasteiger partial charge in [-0.1, -0.05) is 42.5 Å². The molecule has 2 N–H and O–H groups in total. The fourth-order valence-corrected chi connectivity index (χ4v) is 4.48. The van der Waals surface area contributed by atoms with E-state index in [4.69, 9.17) is 10.5 Å². The molecular formula is C27H23N5O. The molecule has 1 aromatic carbocycles. The van der Waals surface area contributed by atoms with Crippen molar-refractivity contribution in [2.75, 3.05) is 13.1 Å². The van der Waals surface area contributed by atoms with Gasteiger partial charge in [-0.25, -0.2) is 0 Å². The molecule has 0 saturated heterocycles. The maximum Gasteiger partial charge on any atom is 0.205 e. The standard InChI is InChI=1S/C27H23N5O/c28-13-23-25(21-9-5-11-31-15-21)24-18-32(16-19-6-2-1-3-7-19)17-22(26(24)33-27(23)29)12-20-8-4-10-30-14-20/h1-12,14-15,25H,16-18,29H2/b22-12+/t25-/m1/s1. The second kappa shape index (κ2) is 9.11. The average Bonchev–Trinajstić information content (AvgIpc) is 2.85. The van der Waals surface area contributed by atoms with E-state index in [1.165, 1.54) is 5.56 Å². The number of benzene rings is 1. The van der Waals surface area contributed by atoms with Crippen LogP contribution in [0.3, 0.4) is 0 Å². The van der Waals surface area contributed by atoms with Gasteiger partial charge in [0.05, 0.1) is 5.92 Å². The van der Waals surface area contributed by atoms with Crippen molar-refractivity contribution in [1.82, 2.24) is 14.9 Å². The van der Waals surface area contributed by atoms with E-state index in [9.17, 15) is 5.26 Å². The zero-order valence-electron chi connectivity index (χ0n) is 18.1. The van der Waals surface area contributed by atoms with E-state index in [-0.39, 0.29) is 11.8 Å². The van der Waals surface area contributed by atoms with E-state index < -0.39 is 0 Å². The number of rotatable bonds is 4. The predicted molar refractivity (Wildman–Crippen MR) is 126 cm³/mol. The van der Waals surface area contributed by atoms with Crippen LogP contribution in [0.1, 0.15) is 22.6 Å². The van der Waals surface area contributed by atoms with Crippen LogP contribution in [-0.4, -0.2) is 28.0 Å². The third kappa shape index (κ3) is 4.27. The minimum absolute atomic E-state index is 0.152. The summed E-state index contributed by atoms with van der Waals surface area (Å²) in [4.78, 5) is 10.9. The molecule has 3 aromatic rings. The average molecular weight is 434 g/mol. The van der Waals surface area contributed by atoms with Crippen LogP contribution in [0, 0.1) is 11.3 Å². The lowest BCUT2D eigenvalue weighted by atomic mass is 9.80. The fraction of sp³-hybridized carbons (Fsp3) is 0.148. The molecule has 6 nitrogen and oxygen atoms in total. The van der Waals surface area contributed by atoms with Gasteiger partial charge in [0, 0.05) is 50.0 Å². The van der Waals surface area contributed by atoms with Crippen LogP contribution in [-0.2, 0) is 11.3 Å². The zero-order valence-corrected chi connectivity index (χ0v) is 18.1. The summed E-state index contributed by atoms with van der Waals surface area (Å²) in [7, 11) is 0. The predicted octanol–water partition coefficient (Wildman–Crippen LogP) is 4.14. The van der Waals surface area contributed by atoms with Crippen molar-refractivity contribution in [3.05, 3.63) is 124 Å². The summed E-state index contributed by atoms with van der Waals surface area (Å²) < 4.78 is 6.11. The summed E-state index contributed by atoms with van der Waals surface area (Å²) in [6.45, 7) is 2.13. The van der Waals surface area contributed by atoms with Gasteiger partial charge in [0.1, 0.15) is 17.4 Å². The SMILES string of the molecule is N#CC1=C(N)OC2=C(CN(Cc3ccccc3)C/C2=C\c2cccnc2)[C@@H]1c1cccnc1. The fourth-order valence-electron chi connectivity index (χ4n) is 4.48. The van der Waals surface area contributed by atoms with Gasteiger partial charge in [0.2, 0.25) is 5.88 Å². The van der Waals surface area contributed by atoms with E-state index in [0.717, 1.165) is 34.6 Å². The van der Waals surface area contributed by atoms with Gasteiger partial charge >= 0.3 is 0 Å². The molecule has 2 aliphatic heterocycles. The molecule has 0 spiro atoms. The highest BCUT2D eigenvalue weighted by Gasteiger charge is 2.37. The highest BCUT2D eigenvalue weighted by molar-refractivity contribution is 5.62. The van der Waals surface area contributed by atoms with Crippen LogP contribution in [0.5, 0.6) is 0 Å². The minimum atomic E-state index is -0.302. The molecular weight excluding hydrogens is 410 g/mol. The van der Waals surface area contributed by atoms with Crippen LogP contribution >= 0.6 is 0 Å².